The minimum atomic E-state index is -0.0913. The number of methoxy groups -OCH3 is 1. The number of likely N-dealkylation sites (tertiary alicyclic amines) is 1. The molecule has 1 saturated heterocycles. The van der Waals surface area contributed by atoms with Gasteiger partial charge in [-0.2, -0.15) is 0 Å². The van der Waals surface area contributed by atoms with E-state index in [4.69, 9.17) is 9.15 Å². The van der Waals surface area contributed by atoms with E-state index in [0.29, 0.717) is 43.5 Å². The van der Waals surface area contributed by atoms with Crippen molar-refractivity contribution < 1.29 is 18.7 Å². The molecule has 2 aromatic rings. The molecule has 0 aliphatic carbocycles. The molecule has 0 saturated carbocycles. The van der Waals surface area contributed by atoms with Crippen molar-refractivity contribution in [2.24, 2.45) is 5.92 Å². The molecule has 1 aromatic carbocycles. The van der Waals surface area contributed by atoms with Gasteiger partial charge < -0.3 is 19.4 Å². The van der Waals surface area contributed by atoms with Crippen LogP contribution < -0.4 is 10.1 Å². The number of carbonyl (C=O) groups is 2. The fourth-order valence-electron chi connectivity index (χ4n) is 2.96. The Morgan fingerprint density at radius 3 is 2.77 bits per heavy atom. The summed E-state index contributed by atoms with van der Waals surface area (Å²) in [5.74, 6) is 1.34. The van der Waals surface area contributed by atoms with Gasteiger partial charge in [-0.25, -0.2) is 0 Å². The Morgan fingerprint density at radius 1 is 1.31 bits per heavy atom. The monoisotopic (exact) mass is 358 g/mol. The van der Waals surface area contributed by atoms with Gasteiger partial charge in [-0.05, 0) is 31.0 Å². The fourth-order valence-corrected chi connectivity index (χ4v) is 2.96. The van der Waals surface area contributed by atoms with E-state index in [2.05, 4.69) is 15.5 Å². The summed E-state index contributed by atoms with van der Waals surface area (Å²) in [6.45, 7) is 2.97. The van der Waals surface area contributed by atoms with Crippen LogP contribution in [0.3, 0.4) is 0 Å². The second-order valence-corrected chi connectivity index (χ2v) is 6.23. The molecule has 1 aliphatic rings. The summed E-state index contributed by atoms with van der Waals surface area (Å²) < 4.78 is 10.8. The van der Waals surface area contributed by atoms with Gasteiger partial charge in [0.25, 0.3) is 0 Å². The highest BCUT2D eigenvalue weighted by Crippen LogP contribution is 2.22. The Morgan fingerprint density at radius 2 is 2.08 bits per heavy atom. The van der Waals surface area contributed by atoms with Crippen LogP contribution in [-0.4, -0.2) is 47.1 Å². The van der Waals surface area contributed by atoms with E-state index < -0.39 is 0 Å². The van der Waals surface area contributed by atoms with Crippen molar-refractivity contribution in [1.29, 1.82) is 0 Å². The van der Waals surface area contributed by atoms with Crippen LogP contribution in [-0.2, 0) is 16.1 Å². The molecule has 26 heavy (non-hydrogen) atoms. The van der Waals surface area contributed by atoms with E-state index in [1.54, 1.807) is 25.0 Å². The molecule has 3 rings (SSSR count). The number of amides is 2. The number of benzene rings is 1. The van der Waals surface area contributed by atoms with Crippen LogP contribution in [0.25, 0.3) is 11.5 Å². The molecule has 0 unspecified atom stereocenters. The molecule has 1 aliphatic heterocycles. The second-order valence-electron chi connectivity index (χ2n) is 6.23. The largest absolute Gasteiger partial charge is 0.497 e. The third-order valence-electron chi connectivity index (χ3n) is 4.51. The van der Waals surface area contributed by atoms with Crippen molar-refractivity contribution in [3.8, 4) is 17.2 Å². The van der Waals surface area contributed by atoms with Crippen molar-refractivity contribution >= 4 is 11.8 Å². The van der Waals surface area contributed by atoms with E-state index in [0.717, 1.165) is 5.56 Å². The molecule has 1 N–H and O–H groups in total. The first-order valence-electron chi connectivity index (χ1n) is 8.57. The molecule has 1 aromatic heterocycles. The predicted octanol–water partition coefficient (Wildman–Crippen LogP) is 1.62. The predicted molar refractivity (Wildman–Crippen MR) is 93.1 cm³/mol. The lowest BCUT2D eigenvalue weighted by Gasteiger charge is -2.30. The van der Waals surface area contributed by atoms with E-state index in [-0.39, 0.29) is 24.3 Å². The van der Waals surface area contributed by atoms with Crippen LogP contribution in [0.1, 0.15) is 25.7 Å². The third-order valence-corrected chi connectivity index (χ3v) is 4.51. The summed E-state index contributed by atoms with van der Waals surface area (Å²) in [5, 5.41) is 10.8. The Hall–Kier alpha value is -2.90. The van der Waals surface area contributed by atoms with E-state index in [1.165, 1.54) is 0 Å². The van der Waals surface area contributed by atoms with Gasteiger partial charge >= 0.3 is 0 Å². The number of hydrogen-bond donors (Lipinski definition) is 1. The average Bonchev–Trinajstić information content (AvgIpc) is 3.15. The summed E-state index contributed by atoms with van der Waals surface area (Å²) in [5.41, 5.74) is 0.756. The zero-order valence-electron chi connectivity index (χ0n) is 14.9. The second kappa shape index (κ2) is 7.99. The zero-order valence-corrected chi connectivity index (χ0v) is 14.9. The van der Waals surface area contributed by atoms with Crippen molar-refractivity contribution in [3.63, 3.8) is 0 Å². The minimum Gasteiger partial charge on any atom is -0.497 e. The molecule has 0 radical (unpaired) electrons. The van der Waals surface area contributed by atoms with Crippen LogP contribution in [0, 0.1) is 5.92 Å². The Labute approximate surface area is 151 Å². The molecule has 2 amide bonds. The number of aromatic nitrogens is 2. The molecule has 8 nitrogen and oxygen atoms in total. The molecule has 0 bridgehead atoms. The molecular weight excluding hydrogens is 336 g/mol. The first-order valence-corrected chi connectivity index (χ1v) is 8.57. The maximum absolute atomic E-state index is 12.3. The molecule has 0 spiro atoms. The highest BCUT2D eigenvalue weighted by molar-refractivity contribution is 5.79. The fraction of sp³-hybridized carbons (Fsp3) is 0.444. The highest BCUT2D eigenvalue weighted by atomic mass is 16.5. The topological polar surface area (TPSA) is 97.6 Å². The van der Waals surface area contributed by atoms with E-state index in [1.807, 2.05) is 18.2 Å². The Bertz CT molecular complexity index is 781. The van der Waals surface area contributed by atoms with Crippen LogP contribution in [0.15, 0.2) is 28.7 Å². The molecule has 8 heteroatoms. The summed E-state index contributed by atoms with van der Waals surface area (Å²) >= 11 is 0. The van der Waals surface area contributed by atoms with Crippen LogP contribution >= 0.6 is 0 Å². The van der Waals surface area contributed by atoms with Gasteiger partial charge in [-0.1, -0.05) is 6.07 Å². The third kappa shape index (κ3) is 4.19. The lowest BCUT2D eigenvalue weighted by Crippen LogP contribution is -2.42. The molecule has 138 valence electrons. The lowest BCUT2D eigenvalue weighted by atomic mass is 9.96. The van der Waals surface area contributed by atoms with Crippen molar-refractivity contribution in [2.45, 2.75) is 26.3 Å². The molecule has 0 atom stereocenters. The molecule has 2 heterocycles. The summed E-state index contributed by atoms with van der Waals surface area (Å²) in [4.78, 5) is 25.4. The normalized spacial score (nSPS) is 14.9. The van der Waals surface area contributed by atoms with E-state index >= 15 is 0 Å². The number of hydrogen-bond acceptors (Lipinski definition) is 6. The molecule has 1 fully saturated rings. The van der Waals surface area contributed by atoms with Crippen molar-refractivity contribution in [1.82, 2.24) is 20.4 Å². The van der Waals surface area contributed by atoms with E-state index in [9.17, 15) is 9.59 Å². The summed E-state index contributed by atoms with van der Waals surface area (Å²) in [7, 11) is 1.59. The number of nitrogens with zero attached hydrogens (tertiary/aromatic N) is 3. The van der Waals surface area contributed by atoms with Gasteiger partial charge in [0.2, 0.25) is 23.6 Å². The highest BCUT2D eigenvalue weighted by Gasteiger charge is 2.26. The van der Waals surface area contributed by atoms with Gasteiger partial charge in [0.1, 0.15) is 5.75 Å². The number of carbonyl (C=O) groups excluding carboxylic acids is 2. The van der Waals surface area contributed by atoms with Gasteiger partial charge in [0, 0.05) is 31.5 Å². The number of nitrogens with one attached hydrogen (secondary N) is 1. The quantitative estimate of drug-likeness (QED) is 0.872. The number of piperidine rings is 1. The maximum atomic E-state index is 12.3. The van der Waals surface area contributed by atoms with Crippen molar-refractivity contribution in [3.05, 3.63) is 30.2 Å². The number of rotatable bonds is 5. The zero-order chi connectivity index (χ0) is 18.5. The molecular formula is C18H22N4O4. The summed E-state index contributed by atoms with van der Waals surface area (Å²) in [6, 6.07) is 7.32. The smallest absolute Gasteiger partial charge is 0.247 e. The summed E-state index contributed by atoms with van der Waals surface area (Å²) in [6.07, 6.45) is 1.34. The van der Waals surface area contributed by atoms with Crippen molar-refractivity contribution in [2.75, 3.05) is 20.2 Å². The SMILES string of the molecule is COc1cccc(-c2nnc(CNC(=O)C3CCN(C(C)=O)CC3)o2)c1. The Kier molecular flexibility index (Phi) is 5.50. The average molecular weight is 358 g/mol. The van der Waals surface area contributed by atoms with Gasteiger partial charge in [-0.15, -0.1) is 10.2 Å². The first kappa shape index (κ1) is 17.9. The standard InChI is InChI=1S/C18H22N4O4/c1-12(23)22-8-6-13(7-9-22)17(24)19-11-16-20-21-18(26-16)14-4-3-5-15(10-14)25-2/h3-5,10,13H,6-9,11H2,1-2H3,(H,19,24). The Balaban J connectivity index is 1.53. The van der Waals surface area contributed by atoms with Crippen LogP contribution in [0.2, 0.25) is 0 Å². The van der Waals surface area contributed by atoms with Gasteiger partial charge in [0.15, 0.2) is 0 Å². The maximum Gasteiger partial charge on any atom is 0.247 e. The van der Waals surface area contributed by atoms with Gasteiger partial charge in [-0.3, -0.25) is 9.59 Å². The number of ether oxygens (including phenoxy) is 1. The lowest BCUT2D eigenvalue weighted by molar-refractivity contribution is -0.134. The van der Waals surface area contributed by atoms with Crippen LogP contribution in [0.5, 0.6) is 5.75 Å². The first-order chi connectivity index (χ1) is 12.6. The van der Waals surface area contributed by atoms with Gasteiger partial charge in [0.05, 0.1) is 13.7 Å². The minimum absolute atomic E-state index is 0.0469. The van der Waals surface area contributed by atoms with Crippen LogP contribution in [0.4, 0.5) is 0 Å².